The molecule has 6 nitrogen and oxygen atoms in total. The molecule has 0 unspecified atom stereocenters. The van der Waals surface area contributed by atoms with Gasteiger partial charge in [-0.25, -0.2) is 4.79 Å². The molecule has 3 fully saturated rings. The smallest absolute Gasteiger partial charge is 0.321 e. The Balaban J connectivity index is 1.35. The number of urea groups is 1. The number of hydrogen-bond donors (Lipinski definition) is 2. The first-order valence-corrected chi connectivity index (χ1v) is 10.6. The van der Waals surface area contributed by atoms with Gasteiger partial charge in [0.1, 0.15) is 0 Å². The van der Waals surface area contributed by atoms with Crippen molar-refractivity contribution in [3.63, 3.8) is 0 Å². The molecule has 28 heavy (non-hydrogen) atoms. The van der Waals surface area contributed by atoms with Gasteiger partial charge in [0.25, 0.3) is 0 Å². The van der Waals surface area contributed by atoms with Crippen molar-refractivity contribution in [2.45, 2.75) is 38.6 Å². The van der Waals surface area contributed by atoms with Crippen LogP contribution in [0, 0.1) is 17.8 Å². The molecule has 4 rings (SSSR count). The first-order chi connectivity index (χ1) is 13.5. The van der Waals surface area contributed by atoms with Crippen LogP contribution in [0.2, 0.25) is 0 Å². The van der Waals surface area contributed by atoms with Crippen molar-refractivity contribution >= 4 is 17.6 Å². The normalized spacial score (nSPS) is 26.5. The SMILES string of the molecule is CC(C)CCN1C[C@H]2C(=O)NC3(CCN(C(=O)Nc4ccccc4)CC3)[C@H]2C1. The quantitative estimate of drug-likeness (QED) is 0.839. The molecule has 152 valence electrons. The van der Waals surface area contributed by atoms with E-state index in [-0.39, 0.29) is 23.4 Å². The zero-order chi connectivity index (χ0) is 19.7. The Kier molecular flexibility index (Phi) is 5.32. The van der Waals surface area contributed by atoms with Crippen LogP contribution in [0.25, 0.3) is 0 Å². The van der Waals surface area contributed by atoms with Crippen molar-refractivity contribution in [3.05, 3.63) is 30.3 Å². The number of rotatable bonds is 4. The second-order valence-electron chi connectivity index (χ2n) is 9.08. The summed E-state index contributed by atoms with van der Waals surface area (Å²) < 4.78 is 0. The van der Waals surface area contributed by atoms with Gasteiger partial charge in [-0.2, -0.15) is 0 Å². The summed E-state index contributed by atoms with van der Waals surface area (Å²) >= 11 is 0. The highest BCUT2D eigenvalue weighted by atomic mass is 16.2. The summed E-state index contributed by atoms with van der Waals surface area (Å²) in [5.41, 5.74) is 0.691. The van der Waals surface area contributed by atoms with Crippen LogP contribution in [0.1, 0.15) is 33.1 Å². The molecule has 6 heteroatoms. The van der Waals surface area contributed by atoms with Gasteiger partial charge in [-0.3, -0.25) is 4.79 Å². The zero-order valence-corrected chi connectivity index (χ0v) is 17.0. The maximum absolute atomic E-state index is 12.6. The van der Waals surface area contributed by atoms with Crippen molar-refractivity contribution in [2.75, 3.05) is 38.0 Å². The van der Waals surface area contributed by atoms with Crippen molar-refractivity contribution < 1.29 is 9.59 Å². The van der Waals surface area contributed by atoms with E-state index in [1.54, 1.807) is 0 Å². The number of benzene rings is 1. The number of nitrogens with zero attached hydrogens (tertiary/aromatic N) is 2. The first-order valence-electron chi connectivity index (χ1n) is 10.6. The van der Waals surface area contributed by atoms with Crippen LogP contribution in [0.4, 0.5) is 10.5 Å². The fraction of sp³-hybridized carbons (Fsp3) is 0.636. The number of carbonyl (C=O) groups is 2. The Morgan fingerprint density at radius 1 is 1.21 bits per heavy atom. The van der Waals surface area contributed by atoms with Gasteiger partial charge in [0.15, 0.2) is 0 Å². The number of fused-ring (bicyclic) bond motifs is 2. The maximum atomic E-state index is 12.6. The Morgan fingerprint density at radius 2 is 1.93 bits per heavy atom. The molecule has 0 aliphatic carbocycles. The second kappa shape index (κ2) is 7.74. The first kappa shape index (κ1) is 19.2. The zero-order valence-electron chi connectivity index (χ0n) is 17.0. The molecule has 3 aliphatic heterocycles. The summed E-state index contributed by atoms with van der Waals surface area (Å²) in [6.07, 6.45) is 2.88. The van der Waals surface area contributed by atoms with Crippen molar-refractivity contribution in [3.8, 4) is 0 Å². The highest BCUT2D eigenvalue weighted by Crippen LogP contribution is 2.44. The summed E-state index contributed by atoms with van der Waals surface area (Å²) in [6.45, 7) is 8.86. The number of carbonyl (C=O) groups excluding carboxylic acids is 2. The van der Waals surface area contributed by atoms with Gasteiger partial charge in [-0.15, -0.1) is 0 Å². The molecule has 0 saturated carbocycles. The predicted octanol–water partition coefficient (Wildman–Crippen LogP) is 2.78. The van der Waals surface area contributed by atoms with Crippen LogP contribution in [-0.4, -0.2) is 60.0 Å². The fourth-order valence-corrected chi connectivity index (χ4v) is 5.09. The molecular weight excluding hydrogens is 352 g/mol. The Bertz CT molecular complexity index is 713. The van der Waals surface area contributed by atoms with Gasteiger partial charge < -0.3 is 20.4 Å². The van der Waals surface area contributed by atoms with E-state index in [0.717, 1.165) is 38.2 Å². The van der Waals surface area contributed by atoms with Crippen LogP contribution >= 0.6 is 0 Å². The van der Waals surface area contributed by atoms with Crippen LogP contribution in [0.5, 0.6) is 0 Å². The molecule has 3 amide bonds. The molecule has 0 bridgehead atoms. The fourth-order valence-electron chi connectivity index (χ4n) is 5.09. The minimum atomic E-state index is -0.127. The Hall–Kier alpha value is -2.08. The van der Waals surface area contributed by atoms with Gasteiger partial charge in [0.05, 0.1) is 5.92 Å². The third kappa shape index (κ3) is 3.75. The van der Waals surface area contributed by atoms with Crippen LogP contribution in [0.3, 0.4) is 0 Å². The minimum absolute atomic E-state index is 0.0492. The summed E-state index contributed by atoms with van der Waals surface area (Å²) in [5.74, 6) is 1.41. The van der Waals surface area contributed by atoms with E-state index < -0.39 is 0 Å². The number of hydrogen-bond acceptors (Lipinski definition) is 3. The Morgan fingerprint density at radius 3 is 2.61 bits per heavy atom. The molecule has 0 aromatic heterocycles. The van der Waals surface area contributed by atoms with E-state index in [9.17, 15) is 9.59 Å². The highest BCUT2D eigenvalue weighted by molar-refractivity contribution is 5.89. The number of piperidine rings is 1. The molecule has 3 saturated heterocycles. The average Bonchev–Trinajstić information content (AvgIpc) is 3.22. The van der Waals surface area contributed by atoms with Gasteiger partial charge >= 0.3 is 6.03 Å². The molecular formula is C22H32N4O2. The highest BCUT2D eigenvalue weighted by Gasteiger charge is 2.57. The van der Waals surface area contributed by atoms with Gasteiger partial charge in [0.2, 0.25) is 5.91 Å². The lowest BCUT2D eigenvalue weighted by Crippen LogP contribution is -2.56. The summed E-state index contributed by atoms with van der Waals surface area (Å²) in [5, 5.41) is 6.31. The second-order valence-corrected chi connectivity index (χ2v) is 9.08. The van der Waals surface area contributed by atoms with Crippen LogP contribution in [0.15, 0.2) is 30.3 Å². The van der Waals surface area contributed by atoms with E-state index in [1.807, 2.05) is 35.2 Å². The lowest BCUT2D eigenvalue weighted by atomic mass is 9.75. The van der Waals surface area contributed by atoms with E-state index >= 15 is 0 Å². The summed E-state index contributed by atoms with van der Waals surface area (Å²) in [6, 6.07) is 9.52. The average molecular weight is 385 g/mol. The predicted molar refractivity (Wildman–Crippen MR) is 110 cm³/mol. The molecule has 1 aromatic carbocycles. The van der Waals surface area contributed by atoms with E-state index in [4.69, 9.17) is 0 Å². The minimum Gasteiger partial charge on any atom is -0.350 e. The number of nitrogens with one attached hydrogen (secondary N) is 2. The number of likely N-dealkylation sites (tertiary alicyclic amines) is 2. The summed E-state index contributed by atoms with van der Waals surface area (Å²) in [7, 11) is 0. The monoisotopic (exact) mass is 384 g/mol. The van der Waals surface area contributed by atoms with Crippen molar-refractivity contribution in [2.24, 2.45) is 17.8 Å². The van der Waals surface area contributed by atoms with Gasteiger partial charge in [-0.1, -0.05) is 32.0 Å². The number of para-hydroxylation sites is 1. The molecule has 3 aliphatic rings. The summed E-state index contributed by atoms with van der Waals surface area (Å²) in [4.78, 5) is 29.6. The lowest BCUT2D eigenvalue weighted by Gasteiger charge is -2.42. The van der Waals surface area contributed by atoms with Gasteiger partial charge in [0, 0.05) is 43.3 Å². The van der Waals surface area contributed by atoms with Crippen LogP contribution < -0.4 is 10.6 Å². The maximum Gasteiger partial charge on any atom is 0.321 e. The van der Waals surface area contributed by atoms with Crippen molar-refractivity contribution in [1.82, 2.24) is 15.1 Å². The standard InChI is InChI=1S/C22H32N4O2/c1-16(2)8-11-25-14-18-19(15-25)22(24-20(18)27)9-12-26(13-10-22)21(28)23-17-6-4-3-5-7-17/h3-7,16,18-19H,8-15H2,1-2H3,(H,23,28)(H,24,27)/t18-,19+/m1/s1. The van der Waals surface area contributed by atoms with E-state index in [2.05, 4.69) is 29.4 Å². The van der Waals surface area contributed by atoms with Crippen LogP contribution in [-0.2, 0) is 4.79 Å². The third-order valence-electron chi connectivity index (χ3n) is 6.80. The lowest BCUT2D eigenvalue weighted by molar-refractivity contribution is -0.123. The molecule has 2 N–H and O–H groups in total. The van der Waals surface area contributed by atoms with E-state index in [0.29, 0.717) is 24.9 Å². The molecule has 1 aromatic rings. The largest absolute Gasteiger partial charge is 0.350 e. The molecule has 0 radical (unpaired) electrons. The van der Waals surface area contributed by atoms with E-state index in [1.165, 1.54) is 6.42 Å². The third-order valence-corrected chi connectivity index (χ3v) is 6.80. The van der Waals surface area contributed by atoms with Crippen molar-refractivity contribution in [1.29, 1.82) is 0 Å². The molecule has 1 spiro atoms. The number of anilines is 1. The molecule has 3 heterocycles. The number of amides is 3. The van der Waals surface area contributed by atoms with Gasteiger partial charge in [-0.05, 0) is 43.9 Å². The Labute approximate surface area is 167 Å². The topological polar surface area (TPSA) is 64.7 Å². The molecule has 2 atom stereocenters.